The van der Waals surface area contributed by atoms with Crippen molar-refractivity contribution >= 4 is 50.7 Å². The van der Waals surface area contributed by atoms with E-state index in [4.69, 9.17) is 14.2 Å². The van der Waals surface area contributed by atoms with Crippen molar-refractivity contribution in [2.75, 3.05) is 20.8 Å². The molecule has 3 rings (SSSR count). The van der Waals surface area contributed by atoms with Gasteiger partial charge < -0.3 is 19.3 Å². The van der Waals surface area contributed by atoms with Gasteiger partial charge in [-0.3, -0.25) is 4.79 Å². The average Bonchev–Trinajstić information content (AvgIpc) is 3.09. The smallest absolute Gasteiger partial charge is 0.344 e. The summed E-state index contributed by atoms with van der Waals surface area (Å²) in [6.45, 7) is 3.68. The first-order valence-corrected chi connectivity index (χ1v) is 11.5. The van der Waals surface area contributed by atoms with E-state index in [-0.39, 0.29) is 23.0 Å². The fraction of sp³-hybridized carbons (Fsp3) is 0.208. The molecule has 33 heavy (non-hydrogen) atoms. The molecule has 7 nitrogen and oxygen atoms in total. The summed E-state index contributed by atoms with van der Waals surface area (Å²) in [7, 11) is 3.05. The minimum atomic E-state index is -0.757. The Morgan fingerprint density at radius 3 is 2.36 bits per heavy atom. The molecule has 0 aliphatic carbocycles. The molecule has 172 valence electrons. The van der Waals surface area contributed by atoms with Gasteiger partial charge in [-0.05, 0) is 49.8 Å². The summed E-state index contributed by atoms with van der Waals surface area (Å²) in [4.78, 5) is 29.7. The van der Waals surface area contributed by atoms with E-state index >= 15 is 0 Å². The minimum absolute atomic E-state index is 0.0689. The zero-order valence-electron chi connectivity index (χ0n) is 18.5. The number of methoxy groups -OCH3 is 2. The largest absolute Gasteiger partial charge is 0.506 e. The van der Waals surface area contributed by atoms with Gasteiger partial charge in [0.2, 0.25) is 0 Å². The molecule has 1 aliphatic rings. The third-order valence-electron chi connectivity index (χ3n) is 4.66. The number of aliphatic hydroxyl groups excluding tert-OH is 1. The Labute approximate surface area is 204 Å². The molecule has 1 heterocycles. The number of benzene rings is 2. The van der Waals surface area contributed by atoms with E-state index in [1.54, 1.807) is 49.4 Å². The molecule has 1 aliphatic heterocycles. The summed E-state index contributed by atoms with van der Waals surface area (Å²) in [5, 5.41) is 10.9. The molecule has 0 fully saturated rings. The maximum Gasteiger partial charge on any atom is 0.344 e. The van der Waals surface area contributed by atoms with E-state index in [2.05, 4.69) is 20.9 Å². The molecule has 9 heteroatoms. The third-order valence-corrected chi connectivity index (χ3v) is 6.37. The molecule has 0 aromatic heterocycles. The lowest BCUT2D eigenvalue weighted by atomic mass is 10.1. The van der Waals surface area contributed by atoms with Crippen molar-refractivity contribution in [3.63, 3.8) is 0 Å². The van der Waals surface area contributed by atoms with Crippen LogP contribution in [0.15, 0.2) is 62.1 Å². The summed E-state index contributed by atoms with van der Waals surface area (Å²) in [5.74, 6) is -0.569. The van der Waals surface area contributed by atoms with Crippen LogP contribution < -0.4 is 9.47 Å². The maximum atomic E-state index is 12.7. The van der Waals surface area contributed by atoms with E-state index in [0.29, 0.717) is 32.0 Å². The molecule has 0 saturated carbocycles. The van der Waals surface area contributed by atoms with Gasteiger partial charge in [0.15, 0.2) is 11.5 Å². The molecule has 0 radical (unpaired) electrons. The highest BCUT2D eigenvalue weighted by molar-refractivity contribution is 9.10. The fourth-order valence-corrected chi connectivity index (χ4v) is 4.41. The van der Waals surface area contributed by atoms with Gasteiger partial charge in [0.25, 0.3) is 5.91 Å². The Kier molecular flexibility index (Phi) is 7.99. The van der Waals surface area contributed by atoms with Crippen LogP contribution in [0.5, 0.6) is 11.5 Å². The fourth-order valence-electron chi connectivity index (χ4n) is 2.97. The lowest BCUT2D eigenvalue weighted by molar-refractivity contribution is -0.138. The first-order valence-electron chi connectivity index (χ1n) is 9.90. The van der Waals surface area contributed by atoms with Crippen LogP contribution in [-0.4, -0.2) is 42.9 Å². The van der Waals surface area contributed by atoms with E-state index in [0.717, 1.165) is 17.3 Å². The number of ether oxygens (including phenoxy) is 3. The zero-order chi connectivity index (χ0) is 24.1. The maximum absolute atomic E-state index is 12.7. The third kappa shape index (κ3) is 5.48. The second kappa shape index (κ2) is 10.7. The number of aryl methyl sites for hydroxylation is 1. The molecule has 1 amide bonds. The summed E-state index contributed by atoms with van der Waals surface area (Å²) in [6, 6.07) is 10.4. The highest BCUT2D eigenvalue weighted by atomic mass is 79.9. The van der Waals surface area contributed by atoms with Crippen molar-refractivity contribution < 1.29 is 28.9 Å². The molecule has 0 unspecified atom stereocenters. The van der Waals surface area contributed by atoms with Gasteiger partial charge in [0.1, 0.15) is 16.4 Å². The van der Waals surface area contributed by atoms with Crippen molar-refractivity contribution in [3.8, 4) is 11.5 Å². The highest BCUT2D eigenvalue weighted by Crippen LogP contribution is 2.41. The lowest BCUT2D eigenvalue weighted by Crippen LogP contribution is -2.14. The number of aliphatic imine (C=N–C) groups is 1. The van der Waals surface area contributed by atoms with Gasteiger partial charge in [-0.25, -0.2) is 9.79 Å². The van der Waals surface area contributed by atoms with E-state index in [1.807, 2.05) is 6.92 Å². The van der Waals surface area contributed by atoms with Crippen molar-refractivity contribution in [1.82, 2.24) is 0 Å². The van der Waals surface area contributed by atoms with Crippen LogP contribution >= 0.6 is 27.7 Å². The highest BCUT2D eigenvalue weighted by Gasteiger charge is 2.34. The molecule has 0 saturated heterocycles. The predicted octanol–water partition coefficient (Wildman–Crippen LogP) is 5.48. The number of carbonyl (C=O) groups excluding carboxylic acids is 2. The summed E-state index contributed by atoms with van der Waals surface area (Å²) in [6.07, 6.45) is 1.66. The van der Waals surface area contributed by atoms with Gasteiger partial charge in [0, 0.05) is 10.0 Å². The van der Waals surface area contributed by atoms with Crippen molar-refractivity contribution in [2.24, 2.45) is 4.99 Å². The molecule has 1 N–H and O–H groups in total. The van der Waals surface area contributed by atoms with Gasteiger partial charge in [-0.2, -0.15) is 0 Å². The van der Waals surface area contributed by atoms with Crippen molar-refractivity contribution in [2.45, 2.75) is 13.8 Å². The molecule has 0 bridgehead atoms. The number of hydrogen-bond acceptors (Lipinski definition) is 7. The molecule has 2 aromatic rings. The monoisotopic (exact) mass is 531 g/mol. The Morgan fingerprint density at radius 1 is 1.12 bits per heavy atom. The number of nitrogens with zero attached hydrogens (tertiary/aromatic N) is 1. The molecule has 0 spiro atoms. The molecule has 2 aromatic carbocycles. The SMILES string of the molecule is CCOC(=O)C1=C(O)/C(=C/c2cc(OC)c(OC)cc2Br)SC1=NC(=O)c1ccc(C)cc1. The quantitative estimate of drug-likeness (QED) is 0.493. The number of amides is 1. The van der Waals surface area contributed by atoms with Crippen molar-refractivity contribution in [1.29, 1.82) is 0 Å². The normalized spacial score (nSPS) is 15.8. The van der Waals surface area contributed by atoms with Crippen LogP contribution in [0.4, 0.5) is 0 Å². The number of hydrogen-bond donors (Lipinski definition) is 1. The van der Waals surface area contributed by atoms with E-state index in [1.165, 1.54) is 14.2 Å². The number of thioether (sulfide) groups is 1. The van der Waals surface area contributed by atoms with Crippen molar-refractivity contribution in [3.05, 3.63) is 73.8 Å². The number of esters is 1. The second-order valence-electron chi connectivity index (χ2n) is 6.87. The Morgan fingerprint density at radius 2 is 1.76 bits per heavy atom. The Balaban J connectivity index is 2.05. The molecule has 0 atom stereocenters. The van der Waals surface area contributed by atoms with E-state index < -0.39 is 11.9 Å². The minimum Gasteiger partial charge on any atom is -0.506 e. The Bertz CT molecular complexity index is 1180. The molecular formula is C24H22BrNO6S. The summed E-state index contributed by atoms with van der Waals surface area (Å²) < 4.78 is 16.4. The van der Waals surface area contributed by atoms with Gasteiger partial charge in [-0.15, -0.1) is 0 Å². The number of carbonyl (C=O) groups is 2. The predicted molar refractivity (Wildman–Crippen MR) is 132 cm³/mol. The van der Waals surface area contributed by atoms with Crippen LogP contribution in [0.2, 0.25) is 0 Å². The first-order chi connectivity index (χ1) is 15.8. The lowest BCUT2D eigenvalue weighted by Gasteiger charge is -2.10. The van der Waals surface area contributed by atoms with Crippen LogP contribution in [0.1, 0.15) is 28.4 Å². The summed E-state index contributed by atoms with van der Waals surface area (Å²) >= 11 is 4.48. The first kappa shape index (κ1) is 24.6. The summed E-state index contributed by atoms with van der Waals surface area (Å²) in [5.41, 5.74) is 1.89. The standard InChI is InChI=1S/C24H22BrNO6S/c1-5-32-24(29)20-21(27)19(11-15-10-17(30-3)18(31-4)12-16(15)25)33-23(20)26-22(28)14-8-6-13(2)7-9-14/h6-12,27H,5H2,1-4H3/b19-11-,26-23?. The topological polar surface area (TPSA) is 94.4 Å². The number of aliphatic hydroxyl groups is 1. The van der Waals surface area contributed by atoms with Crippen LogP contribution in [-0.2, 0) is 9.53 Å². The molecular weight excluding hydrogens is 510 g/mol. The van der Waals surface area contributed by atoms with Gasteiger partial charge in [-0.1, -0.05) is 45.4 Å². The number of rotatable bonds is 6. The van der Waals surface area contributed by atoms with Gasteiger partial charge in [0.05, 0.1) is 25.7 Å². The average molecular weight is 532 g/mol. The van der Waals surface area contributed by atoms with Crippen LogP contribution in [0, 0.1) is 6.92 Å². The van der Waals surface area contributed by atoms with Crippen LogP contribution in [0.25, 0.3) is 6.08 Å². The Hall–Kier alpha value is -3.04. The van der Waals surface area contributed by atoms with Gasteiger partial charge >= 0.3 is 5.97 Å². The zero-order valence-corrected chi connectivity index (χ0v) is 20.9. The second-order valence-corrected chi connectivity index (χ2v) is 8.76. The van der Waals surface area contributed by atoms with E-state index in [9.17, 15) is 14.7 Å². The van der Waals surface area contributed by atoms with Crippen LogP contribution in [0.3, 0.4) is 0 Å². The number of halogens is 1.